The number of benzene rings is 2. The molecule has 1 unspecified atom stereocenters. The molecule has 6 nitrogen and oxygen atoms in total. The minimum Gasteiger partial charge on any atom is -0.507 e. The summed E-state index contributed by atoms with van der Waals surface area (Å²) >= 11 is 12.7. The van der Waals surface area contributed by atoms with Crippen LogP contribution in [0.5, 0.6) is 11.5 Å². The lowest BCUT2D eigenvalue weighted by Gasteiger charge is -2.25. The molecular weight excluding hydrogens is 465 g/mol. The van der Waals surface area contributed by atoms with Crippen molar-refractivity contribution in [2.75, 3.05) is 20.8 Å². The molecule has 0 aliphatic carbocycles. The molecule has 1 saturated heterocycles. The predicted molar refractivity (Wildman–Crippen MR) is 129 cm³/mol. The number of amides is 1. The number of halogens is 2. The van der Waals surface area contributed by atoms with Gasteiger partial charge in [0.15, 0.2) is 11.5 Å². The first kappa shape index (κ1) is 24.9. The third-order valence-corrected chi connectivity index (χ3v) is 6.41. The second-order valence-electron chi connectivity index (χ2n) is 7.73. The number of hydrogen-bond donors (Lipinski definition) is 1. The summed E-state index contributed by atoms with van der Waals surface area (Å²) in [6.45, 7) is 4.44. The van der Waals surface area contributed by atoms with Crippen LogP contribution < -0.4 is 9.47 Å². The summed E-state index contributed by atoms with van der Waals surface area (Å²) in [5, 5.41) is 11.5. The standard InChI is InChI=1S/C25H27Cl2NO5/c1-5-7-12-28-20(15-10-8-14(6-2)9-11-15)18(22(30)25(28)31)21(29)16-13-17(26)24(33-4)19(27)23(16)32-3/h8-11,13,20,29H,5-7,12H2,1-4H3/b21-18+. The van der Waals surface area contributed by atoms with Crippen LogP contribution in [0.15, 0.2) is 35.9 Å². The quantitative estimate of drug-likeness (QED) is 0.287. The van der Waals surface area contributed by atoms with Crippen LogP contribution in [0.3, 0.4) is 0 Å². The Morgan fingerprint density at radius 2 is 1.70 bits per heavy atom. The molecule has 1 amide bonds. The Morgan fingerprint density at radius 1 is 1.06 bits per heavy atom. The molecular formula is C25H27Cl2NO5. The van der Waals surface area contributed by atoms with Crippen molar-refractivity contribution in [2.24, 2.45) is 0 Å². The Balaban J connectivity index is 2.26. The van der Waals surface area contributed by atoms with Gasteiger partial charge in [0.1, 0.15) is 10.8 Å². The summed E-state index contributed by atoms with van der Waals surface area (Å²) in [7, 11) is 2.79. The van der Waals surface area contributed by atoms with E-state index in [2.05, 4.69) is 0 Å². The number of hydrogen-bond acceptors (Lipinski definition) is 5. The molecule has 1 fully saturated rings. The molecule has 0 spiro atoms. The predicted octanol–water partition coefficient (Wildman–Crippen LogP) is 5.79. The molecule has 176 valence electrons. The Kier molecular flexibility index (Phi) is 7.92. The molecule has 1 aliphatic heterocycles. The summed E-state index contributed by atoms with van der Waals surface area (Å²) in [6.07, 6.45) is 2.43. The van der Waals surface area contributed by atoms with Gasteiger partial charge in [-0.15, -0.1) is 0 Å². The lowest BCUT2D eigenvalue weighted by atomic mass is 9.94. The summed E-state index contributed by atoms with van der Waals surface area (Å²) in [6, 6.07) is 8.34. The summed E-state index contributed by atoms with van der Waals surface area (Å²) in [4.78, 5) is 27.6. The Labute approximate surface area is 203 Å². The number of Topliss-reactive ketones (excluding diaryl/α,β-unsaturated/α-hetero) is 1. The number of methoxy groups -OCH3 is 2. The van der Waals surface area contributed by atoms with Crippen LogP contribution in [0.2, 0.25) is 10.0 Å². The van der Waals surface area contributed by atoms with Crippen LogP contribution >= 0.6 is 23.2 Å². The van der Waals surface area contributed by atoms with Crippen molar-refractivity contribution in [3.63, 3.8) is 0 Å². The third-order valence-electron chi connectivity index (χ3n) is 5.79. The summed E-state index contributed by atoms with van der Waals surface area (Å²) < 4.78 is 10.6. The fourth-order valence-corrected chi connectivity index (χ4v) is 4.70. The molecule has 1 heterocycles. The number of unbranched alkanes of at least 4 members (excludes halogenated alkanes) is 1. The Morgan fingerprint density at radius 3 is 2.24 bits per heavy atom. The van der Waals surface area contributed by atoms with Crippen LogP contribution in [0.1, 0.15) is 49.4 Å². The fourth-order valence-electron chi connectivity index (χ4n) is 4.01. The van der Waals surface area contributed by atoms with Crippen LogP contribution in [0.25, 0.3) is 5.76 Å². The van der Waals surface area contributed by atoms with Crippen molar-refractivity contribution in [2.45, 2.75) is 39.2 Å². The topological polar surface area (TPSA) is 76.1 Å². The monoisotopic (exact) mass is 491 g/mol. The Bertz CT molecular complexity index is 1090. The van der Waals surface area contributed by atoms with Crippen molar-refractivity contribution < 1.29 is 24.2 Å². The fraction of sp³-hybridized carbons (Fsp3) is 0.360. The number of aryl methyl sites for hydroxylation is 1. The van der Waals surface area contributed by atoms with Gasteiger partial charge in [-0.3, -0.25) is 9.59 Å². The van der Waals surface area contributed by atoms with Gasteiger partial charge in [-0.25, -0.2) is 0 Å². The normalized spacial score (nSPS) is 17.5. The first-order valence-electron chi connectivity index (χ1n) is 10.8. The lowest BCUT2D eigenvalue weighted by molar-refractivity contribution is -0.139. The lowest BCUT2D eigenvalue weighted by Crippen LogP contribution is -2.30. The van der Waals surface area contributed by atoms with Crippen LogP contribution in [-0.2, 0) is 16.0 Å². The minimum absolute atomic E-state index is 0.0315. The van der Waals surface area contributed by atoms with E-state index in [0.29, 0.717) is 6.54 Å². The number of aliphatic hydroxyl groups excluding tert-OH is 1. The number of carbonyl (C=O) groups excluding carboxylic acids is 2. The average Bonchev–Trinajstić information content (AvgIpc) is 3.07. The Hall–Kier alpha value is -2.70. The molecule has 33 heavy (non-hydrogen) atoms. The van der Waals surface area contributed by atoms with Crippen LogP contribution in [0.4, 0.5) is 0 Å². The smallest absolute Gasteiger partial charge is 0.295 e. The van der Waals surface area contributed by atoms with Gasteiger partial charge in [0.2, 0.25) is 0 Å². The van der Waals surface area contributed by atoms with Gasteiger partial charge in [0, 0.05) is 6.54 Å². The zero-order valence-corrected chi connectivity index (χ0v) is 20.6. The molecule has 0 aromatic heterocycles. The maximum Gasteiger partial charge on any atom is 0.295 e. The SMILES string of the molecule is CCCCN1C(=O)C(=O)/C(=C(/O)c2cc(Cl)c(OC)c(Cl)c2OC)C1c1ccc(CC)cc1. The van der Waals surface area contributed by atoms with E-state index in [4.69, 9.17) is 32.7 Å². The van der Waals surface area contributed by atoms with E-state index in [9.17, 15) is 14.7 Å². The van der Waals surface area contributed by atoms with Gasteiger partial charge in [-0.2, -0.15) is 0 Å². The molecule has 2 aromatic rings. The van der Waals surface area contributed by atoms with Gasteiger partial charge < -0.3 is 19.5 Å². The molecule has 1 atom stereocenters. The molecule has 3 rings (SSSR count). The summed E-state index contributed by atoms with van der Waals surface area (Å²) in [5.74, 6) is -1.55. The highest BCUT2D eigenvalue weighted by atomic mass is 35.5. The average molecular weight is 492 g/mol. The molecule has 1 aliphatic rings. The highest BCUT2D eigenvalue weighted by Crippen LogP contribution is 2.47. The van der Waals surface area contributed by atoms with Gasteiger partial charge in [0.25, 0.3) is 11.7 Å². The largest absolute Gasteiger partial charge is 0.507 e. The number of rotatable bonds is 8. The zero-order valence-electron chi connectivity index (χ0n) is 19.1. The van der Waals surface area contributed by atoms with Crippen LogP contribution in [0, 0.1) is 0 Å². The molecule has 2 aromatic carbocycles. The van der Waals surface area contributed by atoms with Gasteiger partial charge >= 0.3 is 0 Å². The van der Waals surface area contributed by atoms with Crippen molar-refractivity contribution in [3.8, 4) is 11.5 Å². The second kappa shape index (κ2) is 10.5. The minimum atomic E-state index is -0.765. The van der Waals surface area contributed by atoms with E-state index in [0.717, 1.165) is 30.4 Å². The number of ketones is 1. The van der Waals surface area contributed by atoms with Crippen molar-refractivity contribution in [1.29, 1.82) is 0 Å². The molecule has 8 heteroatoms. The van der Waals surface area contributed by atoms with E-state index in [1.807, 2.05) is 38.1 Å². The zero-order chi connectivity index (χ0) is 24.3. The maximum absolute atomic E-state index is 13.2. The number of likely N-dealkylation sites (tertiary alicyclic amines) is 1. The van der Waals surface area contributed by atoms with E-state index in [1.54, 1.807) is 0 Å². The van der Waals surface area contributed by atoms with E-state index >= 15 is 0 Å². The van der Waals surface area contributed by atoms with Gasteiger partial charge in [-0.05, 0) is 30.0 Å². The first-order chi connectivity index (χ1) is 15.8. The number of carbonyl (C=O) groups is 2. The van der Waals surface area contributed by atoms with Gasteiger partial charge in [0.05, 0.1) is 36.4 Å². The van der Waals surface area contributed by atoms with E-state index < -0.39 is 23.5 Å². The maximum atomic E-state index is 13.2. The number of aliphatic hydroxyl groups is 1. The second-order valence-corrected chi connectivity index (χ2v) is 8.51. The van der Waals surface area contributed by atoms with E-state index in [-0.39, 0.29) is 32.7 Å². The van der Waals surface area contributed by atoms with Crippen molar-refractivity contribution >= 4 is 40.7 Å². The van der Waals surface area contributed by atoms with E-state index in [1.165, 1.54) is 25.2 Å². The van der Waals surface area contributed by atoms with Crippen LogP contribution in [-0.4, -0.2) is 42.5 Å². The third kappa shape index (κ3) is 4.55. The number of ether oxygens (including phenoxy) is 2. The molecule has 0 radical (unpaired) electrons. The number of nitrogens with zero attached hydrogens (tertiary/aromatic N) is 1. The molecule has 1 N–H and O–H groups in total. The van der Waals surface area contributed by atoms with Crippen molar-refractivity contribution in [1.82, 2.24) is 4.90 Å². The first-order valence-corrected chi connectivity index (χ1v) is 11.5. The molecule has 0 bridgehead atoms. The highest BCUT2D eigenvalue weighted by molar-refractivity contribution is 6.47. The highest BCUT2D eigenvalue weighted by Gasteiger charge is 2.46. The summed E-state index contributed by atoms with van der Waals surface area (Å²) in [5.41, 5.74) is 1.93. The van der Waals surface area contributed by atoms with Crippen molar-refractivity contribution in [3.05, 3.63) is 62.6 Å². The molecule has 0 saturated carbocycles. The van der Waals surface area contributed by atoms with Gasteiger partial charge in [-0.1, -0.05) is 67.7 Å².